The normalized spacial score (nSPS) is 11.4. The summed E-state index contributed by atoms with van der Waals surface area (Å²) in [7, 11) is -3.35. The molecule has 2 N–H and O–H groups in total. The highest BCUT2D eigenvalue weighted by Crippen LogP contribution is 2.19. The standard InChI is InChI=1S/C11H11N3O2S/c1-17(15,16)11-13-6-9(7-14-11)8-2-4-10(12)5-3-8/h2-7H,12H2,1H3. The molecule has 0 radical (unpaired) electrons. The molecule has 2 rings (SSSR count). The molecule has 0 unspecified atom stereocenters. The summed E-state index contributed by atoms with van der Waals surface area (Å²) in [5.41, 5.74) is 7.88. The highest BCUT2D eigenvalue weighted by Gasteiger charge is 2.10. The first-order valence-corrected chi connectivity index (χ1v) is 6.74. The third-order valence-corrected chi connectivity index (χ3v) is 3.08. The molecule has 2 aromatic rings. The molecule has 0 aliphatic heterocycles. The number of aromatic nitrogens is 2. The highest BCUT2D eigenvalue weighted by molar-refractivity contribution is 7.90. The van der Waals surface area contributed by atoms with Crippen molar-refractivity contribution < 1.29 is 8.42 Å². The Morgan fingerprint density at radius 1 is 1.00 bits per heavy atom. The Balaban J connectivity index is 2.39. The van der Waals surface area contributed by atoms with Gasteiger partial charge in [0.25, 0.3) is 0 Å². The Hall–Kier alpha value is -1.95. The molecule has 5 nitrogen and oxygen atoms in total. The minimum Gasteiger partial charge on any atom is -0.399 e. The first-order valence-electron chi connectivity index (χ1n) is 4.85. The molecule has 6 heteroatoms. The summed E-state index contributed by atoms with van der Waals surface area (Å²) in [6.45, 7) is 0. The van der Waals surface area contributed by atoms with Gasteiger partial charge in [0, 0.05) is 29.9 Å². The lowest BCUT2D eigenvalue weighted by Gasteiger charge is -2.02. The van der Waals surface area contributed by atoms with E-state index < -0.39 is 9.84 Å². The van der Waals surface area contributed by atoms with Crippen LogP contribution in [0.15, 0.2) is 41.8 Å². The maximum Gasteiger partial charge on any atom is 0.246 e. The van der Waals surface area contributed by atoms with Crippen molar-refractivity contribution in [2.24, 2.45) is 0 Å². The first-order chi connectivity index (χ1) is 7.97. The molecule has 0 amide bonds. The largest absolute Gasteiger partial charge is 0.399 e. The van der Waals surface area contributed by atoms with Crippen molar-refractivity contribution >= 4 is 15.5 Å². The lowest BCUT2D eigenvalue weighted by molar-refractivity contribution is 0.593. The average molecular weight is 249 g/mol. The molecule has 88 valence electrons. The van der Waals surface area contributed by atoms with Crippen molar-refractivity contribution in [3.8, 4) is 11.1 Å². The summed E-state index contributed by atoms with van der Waals surface area (Å²) in [6, 6.07) is 7.18. The van der Waals surface area contributed by atoms with Crippen LogP contribution in [0.5, 0.6) is 0 Å². The second-order valence-corrected chi connectivity index (χ2v) is 5.56. The zero-order valence-corrected chi connectivity index (χ0v) is 9.98. The van der Waals surface area contributed by atoms with Crippen molar-refractivity contribution in [3.63, 3.8) is 0 Å². The third kappa shape index (κ3) is 2.59. The van der Waals surface area contributed by atoms with Crippen molar-refractivity contribution in [2.45, 2.75) is 5.16 Å². The predicted molar refractivity (Wildman–Crippen MR) is 65.0 cm³/mol. The number of anilines is 1. The fourth-order valence-corrected chi connectivity index (χ4v) is 1.82. The van der Waals surface area contributed by atoms with Gasteiger partial charge in [0.1, 0.15) is 0 Å². The molecule has 0 bridgehead atoms. The summed E-state index contributed by atoms with van der Waals surface area (Å²) in [4.78, 5) is 7.64. The Morgan fingerprint density at radius 2 is 1.53 bits per heavy atom. The Labute approximate surface area is 99.3 Å². The molecular formula is C11H11N3O2S. The van der Waals surface area contributed by atoms with Gasteiger partial charge in [-0.1, -0.05) is 12.1 Å². The lowest BCUT2D eigenvalue weighted by atomic mass is 10.1. The summed E-state index contributed by atoms with van der Waals surface area (Å²) in [5.74, 6) is 0. The van der Waals surface area contributed by atoms with E-state index in [2.05, 4.69) is 9.97 Å². The van der Waals surface area contributed by atoms with Crippen LogP contribution < -0.4 is 5.73 Å². The Morgan fingerprint density at radius 3 is 2.00 bits per heavy atom. The van der Waals surface area contributed by atoms with Crippen LogP contribution in [0.2, 0.25) is 0 Å². The lowest BCUT2D eigenvalue weighted by Crippen LogP contribution is -2.03. The van der Waals surface area contributed by atoms with E-state index in [4.69, 9.17) is 5.73 Å². The maximum atomic E-state index is 11.2. The summed E-state index contributed by atoms with van der Waals surface area (Å²) < 4.78 is 22.4. The van der Waals surface area contributed by atoms with Crippen LogP contribution in [-0.4, -0.2) is 24.6 Å². The topological polar surface area (TPSA) is 85.9 Å². The molecule has 1 heterocycles. The van der Waals surface area contributed by atoms with Crippen LogP contribution in [-0.2, 0) is 9.84 Å². The molecule has 0 fully saturated rings. The molecule has 0 aliphatic carbocycles. The van der Waals surface area contributed by atoms with Crippen LogP contribution in [0.25, 0.3) is 11.1 Å². The number of hydrogen-bond acceptors (Lipinski definition) is 5. The second-order valence-electron chi connectivity index (χ2n) is 3.65. The first kappa shape index (κ1) is 11.5. The van der Waals surface area contributed by atoms with Gasteiger partial charge in [-0.2, -0.15) is 0 Å². The van der Waals surface area contributed by atoms with Gasteiger partial charge in [-0.05, 0) is 17.7 Å². The van der Waals surface area contributed by atoms with Gasteiger partial charge < -0.3 is 5.73 Å². The van der Waals surface area contributed by atoms with E-state index in [1.54, 1.807) is 12.1 Å². The molecule has 0 atom stereocenters. The van der Waals surface area contributed by atoms with Gasteiger partial charge in [-0.15, -0.1) is 0 Å². The van der Waals surface area contributed by atoms with Crippen LogP contribution >= 0.6 is 0 Å². The Bertz CT molecular complexity index is 619. The summed E-state index contributed by atoms with van der Waals surface area (Å²) in [6.07, 6.45) is 4.04. The minimum absolute atomic E-state index is 0.170. The van der Waals surface area contributed by atoms with Crippen molar-refractivity contribution in [3.05, 3.63) is 36.7 Å². The van der Waals surface area contributed by atoms with E-state index in [0.29, 0.717) is 5.69 Å². The van der Waals surface area contributed by atoms with Crippen molar-refractivity contribution in [1.82, 2.24) is 9.97 Å². The number of nitrogens with zero attached hydrogens (tertiary/aromatic N) is 2. The van der Waals surface area contributed by atoms with E-state index in [9.17, 15) is 8.42 Å². The van der Waals surface area contributed by atoms with Gasteiger partial charge >= 0.3 is 0 Å². The number of hydrogen-bond donors (Lipinski definition) is 1. The number of nitrogens with two attached hydrogens (primary N) is 1. The van der Waals surface area contributed by atoms with Crippen LogP contribution in [0.1, 0.15) is 0 Å². The van der Waals surface area contributed by atoms with Gasteiger partial charge in [0.2, 0.25) is 15.0 Å². The molecule has 0 aliphatic rings. The summed E-state index contributed by atoms with van der Waals surface area (Å²) >= 11 is 0. The van der Waals surface area contributed by atoms with E-state index in [1.165, 1.54) is 12.4 Å². The number of benzene rings is 1. The van der Waals surface area contributed by atoms with Crippen LogP contribution in [0.4, 0.5) is 5.69 Å². The molecule has 0 saturated heterocycles. The molecule has 17 heavy (non-hydrogen) atoms. The fraction of sp³-hybridized carbons (Fsp3) is 0.0909. The molecule has 0 spiro atoms. The SMILES string of the molecule is CS(=O)(=O)c1ncc(-c2ccc(N)cc2)cn1. The van der Waals surface area contributed by atoms with E-state index in [1.807, 2.05) is 12.1 Å². The molecule has 0 saturated carbocycles. The zero-order chi connectivity index (χ0) is 12.5. The van der Waals surface area contributed by atoms with E-state index in [-0.39, 0.29) is 5.16 Å². The van der Waals surface area contributed by atoms with Crippen molar-refractivity contribution in [2.75, 3.05) is 12.0 Å². The smallest absolute Gasteiger partial charge is 0.246 e. The van der Waals surface area contributed by atoms with Crippen LogP contribution in [0.3, 0.4) is 0 Å². The summed E-state index contributed by atoms with van der Waals surface area (Å²) in [5, 5.41) is -0.170. The maximum absolute atomic E-state index is 11.2. The number of rotatable bonds is 2. The van der Waals surface area contributed by atoms with Gasteiger partial charge in [-0.25, -0.2) is 18.4 Å². The monoisotopic (exact) mass is 249 g/mol. The Kier molecular flexibility index (Phi) is 2.81. The molecule has 1 aromatic heterocycles. The molecule has 1 aromatic carbocycles. The number of sulfone groups is 1. The third-order valence-electron chi connectivity index (χ3n) is 2.20. The van der Waals surface area contributed by atoms with Gasteiger partial charge in [-0.3, -0.25) is 0 Å². The minimum atomic E-state index is -3.35. The van der Waals surface area contributed by atoms with Gasteiger partial charge in [0.05, 0.1) is 0 Å². The zero-order valence-electron chi connectivity index (χ0n) is 9.16. The van der Waals surface area contributed by atoms with Crippen LogP contribution in [0, 0.1) is 0 Å². The molecular weight excluding hydrogens is 238 g/mol. The van der Waals surface area contributed by atoms with E-state index in [0.717, 1.165) is 17.4 Å². The van der Waals surface area contributed by atoms with Gasteiger partial charge in [0.15, 0.2) is 0 Å². The second kappa shape index (κ2) is 4.14. The quantitative estimate of drug-likeness (QED) is 0.637. The highest BCUT2D eigenvalue weighted by atomic mass is 32.2. The average Bonchev–Trinajstić information content (AvgIpc) is 2.29. The fourth-order valence-electron chi connectivity index (χ4n) is 1.33. The number of nitrogen functional groups attached to an aromatic ring is 1. The van der Waals surface area contributed by atoms with E-state index >= 15 is 0 Å². The van der Waals surface area contributed by atoms with Crippen molar-refractivity contribution in [1.29, 1.82) is 0 Å². The predicted octanol–water partition coefficient (Wildman–Crippen LogP) is 1.13.